The van der Waals surface area contributed by atoms with Crippen molar-refractivity contribution in [3.8, 4) is 10.4 Å². The lowest BCUT2D eigenvalue weighted by Gasteiger charge is -2.70. The maximum Gasteiger partial charge on any atom is 0.185 e. The highest BCUT2D eigenvalue weighted by Crippen LogP contribution is 2.48. The maximum absolute atomic E-state index is 6.64. The Morgan fingerprint density at radius 1 is 0.972 bits per heavy atom. The van der Waals surface area contributed by atoms with Crippen LogP contribution < -0.4 is 4.90 Å². The van der Waals surface area contributed by atoms with E-state index in [1.54, 1.807) is 0 Å². The molecule has 1 aliphatic heterocycles. The molecule has 0 spiro atoms. The number of anilines is 1. The molecule has 1 saturated heterocycles. The van der Waals surface area contributed by atoms with E-state index < -0.39 is 21.5 Å². The highest BCUT2D eigenvalue weighted by atomic mass is 35.5. The van der Waals surface area contributed by atoms with E-state index in [9.17, 15) is 0 Å². The molecular formula is C20H18B8ClN5OS. The van der Waals surface area contributed by atoms with Gasteiger partial charge in [-0.1, -0.05) is 36.8 Å². The summed E-state index contributed by atoms with van der Waals surface area (Å²) in [7, 11) is 49.2. The number of thiazole rings is 1. The lowest BCUT2D eigenvalue weighted by molar-refractivity contribution is -0.0253. The van der Waals surface area contributed by atoms with Crippen molar-refractivity contribution >= 4 is 96.5 Å². The van der Waals surface area contributed by atoms with Crippen LogP contribution in [0.15, 0.2) is 6.07 Å². The van der Waals surface area contributed by atoms with E-state index in [1.165, 1.54) is 0 Å². The summed E-state index contributed by atoms with van der Waals surface area (Å²) >= 11 is 7.72. The Bertz CT molecular complexity index is 1300. The van der Waals surface area contributed by atoms with Gasteiger partial charge in [-0.3, -0.25) is 0 Å². The number of nitrogens with zero attached hydrogens (tertiary/aromatic N) is 5. The molecule has 0 aromatic carbocycles. The number of fused-ring (bicyclic) bond motifs is 1. The van der Waals surface area contributed by atoms with Crippen LogP contribution >= 0.6 is 22.9 Å². The number of morpholine rings is 1. The third-order valence-electron chi connectivity index (χ3n) is 6.65. The second kappa shape index (κ2) is 8.94. The zero-order valence-electron chi connectivity index (χ0n) is 20.6. The minimum Gasteiger partial charge on any atom is -0.405 e. The number of halogens is 1. The van der Waals surface area contributed by atoms with Crippen molar-refractivity contribution in [2.45, 2.75) is 67.9 Å². The lowest BCUT2D eigenvalue weighted by atomic mass is 9.30. The minimum absolute atomic E-state index is 0.0699. The lowest BCUT2D eigenvalue weighted by Crippen LogP contribution is -2.86. The van der Waals surface area contributed by atoms with Gasteiger partial charge in [0.25, 0.3) is 0 Å². The molecule has 36 heavy (non-hydrogen) atoms. The molecule has 16 heteroatoms. The summed E-state index contributed by atoms with van der Waals surface area (Å²) in [6, 6.07) is 2.05. The Hall–Kier alpha value is -1.18. The van der Waals surface area contributed by atoms with Crippen molar-refractivity contribution in [1.82, 2.24) is 19.6 Å². The fourth-order valence-corrected chi connectivity index (χ4v) is 6.02. The van der Waals surface area contributed by atoms with Crippen molar-refractivity contribution in [1.29, 1.82) is 0 Å². The van der Waals surface area contributed by atoms with Crippen molar-refractivity contribution in [2.75, 3.05) is 4.90 Å². The number of aryl methyl sites for hydroxylation is 2. The van der Waals surface area contributed by atoms with E-state index in [1.807, 2.05) is 24.4 Å². The molecule has 0 N–H and O–H groups in total. The first-order valence-corrected chi connectivity index (χ1v) is 12.5. The van der Waals surface area contributed by atoms with Crippen LogP contribution in [0.2, 0.25) is 5.15 Å². The van der Waals surface area contributed by atoms with E-state index in [4.69, 9.17) is 89.2 Å². The van der Waals surface area contributed by atoms with Crippen LogP contribution in [0, 0.1) is 13.8 Å². The van der Waals surface area contributed by atoms with Gasteiger partial charge in [-0.05, 0) is 54.2 Å². The van der Waals surface area contributed by atoms with Gasteiger partial charge in [0.15, 0.2) is 10.8 Å². The topological polar surface area (TPSA) is 55.5 Å². The molecule has 0 amide bonds. The first-order valence-electron chi connectivity index (χ1n) is 11.3. The summed E-state index contributed by atoms with van der Waals surface area (Å²) in [5.74, 6) is 0.303. The standard InChI is InChI=1S/C20H18B8ClN5OS/c1-5-10(6-2)11-7-8(3)30-15-12(9(4)32-33(11)15)13-14(29)31-16(36-13)34-17(21,22)19(25,26)35-20(27,28)18(34,23)24/h7,10H,5-6H2,1-4H3. The van der Waals surface area contributed by atoms with Crippen molar-refractivity contribution in [2.24, 2.45) is 0 Å². The largest absolute Gasteiger partial charge is 0.405 e. The zero-order chi connectivity index (χ0) is 27.0. The highest BCUT2D eigenvalue weighted by Gasteiger charge is 2.57. The predicted molar refractivity (Wildman–Crippen MR) is 152 cm³/mol. The summed E-state index contributed by atoms with van der Waals surface area (Å²) in [5.41, 5.74) is 3.91. The molecule has 0 saturated carbocycles. The predicted octanol–water partition coefficient (Wildman–Crippen LogP) is 0.826. The third kappa shape index (κ3) is 4.03. The Balaban J connectivity index is 1.94. The Morgan fingerprint density at radius 3 is 2.06 bits per heavy atom. The Labute approximate surface area is 231 Å². The SMILES string of the molecule is [B]C1([B])OC([B])([B])C([B])([B])N(c2nc(Cl)c(-c3c(C)nn4c(C(CC)CC)cc(C)nc34)s2)C1([B])[B]. The van der Waals surface area contributed by atoms with Crippen LogP contribution in [0.25, 0.3) is 16.1 Å². The van der Waals surface area contributed by atoms with Gasteiger partial charge in [0.1, 0.15) is 36.5 Å². The average Bonchev–Trinajstić information content (AvgIpc) is 3.25. The second-order valence-electron chi connectivity index (χ2n) is 9.32. The number of aromatic nitrogens is 4. The summed E-state index contributed by atoms with van der Waals surface area (Å²) in [6.07, 6.45) is 1.91. The van der Waals surface area contributed by atoms with Gasteiger partial charge >= 0.3 is 0 Å². The number of hydrogen-bond acceptors (Lipinski definition) is 6. The molecule has 6 nitrogen and oxygen atoms in total. The fourth-order valence-electron chi connectivity index (χ4n) is 4.49. The summed E-state index contributed by atoms with van der Waals surface area (Å²) in [4.78, 5) is 10.7. The van der Waals surface area contributed by atoms with Crippen molar-refractivity contribution < 1.29 is 4.74 Å². The van der Waals surface area contributed by atoms with E-state index in [0.717, 1.165) is 40.5 Å². The van der Waals surface area contributed by atoms with Crippen LogP contribution in [-0.2, 0) is 4.74 Å². The van der Waals surface area contributed by atoms with Crippen LogP contribution in [-0.4, -0.2) is 104 Å². The molecule has 3 aromatic heterocycles. The monoisotopic (exact) mass is 499 g/mol. The van der Waals surface area contributed by atoms with Crippen molar-refractivity contribution in [3.05, 3.63) is 28.3 Å². The van der Waals surface area contributed by atoms with Gasteiger partial charge in [0, 0.05) is 17.3 Å². The molecule has 1 aliphatic rings. The molecule has 0 aliphatic carbocycles. The second-order valence-corrected chi connectivity index (χ2v) is 10.7. The fraction of sp³-hybridized carbons (Fsp3) is 0.550. The molecule has 3 aromatic rings. The Morgan fingerprint density at radius 2 is 1.53 bits per heavy atom. The van der Waals surface area contributed by atoms with Crippen LogP contribution in [0.4, 0.5) is 5.13 Å². The van der Waals surface area contributed by atoms with E-state index in [2.05, 4.69) is 18.8 Å². The first kappa shape index (κ1) is 27.8. The maximum atomic E-state index is 6.64. The minimum atomic E-state index is -2.26. The van der Waals surface area contributed by atoms with Gasteiger partial charge in [0.2, 0.25) is 0 Å². The van der Waals surface area contributed by atoms with Gasteiger partial charge in [-0.2, -0.15) is 5.10 Å². The molecule has 0 unspecified atom stereocenters. The molecule has 1 fully saturated rings. The quantitative estimate of drug-likeness (QED) is 0.488. The molecule has 4 heterocycles. The van der Waals surface area contributed by atoms with Crippen LogP contribution in [0.1, 0.15) is 49.7 Å². The van der Waals surface area contributed by atoms with Gasteiger partial charge in [-0.25, -0.2) is 14.5 Å². The highest BCUT2D eigenvalue weighted by molar-refractivity contribution is 7.19. The number of rotatable bonds is 5. The molecule has 4 rings (SSSR count). The van der Waals surface area contributed by atoms with Gasteiger partial charge < -0.3 is 9.64 Å². The Kier molecular flexibility index (Phi) is 6.92. The van der Waals surface area contributed by atoms with Gasteiger partial charge in [-0.15, -0.1) is 0 Å². The molecule has 0 bridgehead atoms. The molecule has 166 valence electrons. The number of ether oxygens (including phenoxy) is 1. The summed E-state index contributed by atoms with van der Waals surface area (Å²) < 4.78 is 7.14. The third-order valence-corrected chi connectivity index (χ3v) is 8.09. The van der Waals surface area contributed by atoms with Crippen molar-refractivity contribution in [3.63, 3.8) is 0 Å². The van der Waals surface area contributed by atoms with E-state index in [0.29, 0.717) is 27.7 Å². The molecular weight excluding hydrogens is 480 g/mol. The van der Waals surface area contributed by atoms with Crippen LogP contribution in [0.5, 0.6) is 0 Å². The smallest absolute Gasteiger partial charge is 0.185 e. The first-order chi connectivity index (χ1) is 16.5. The normalized spacial score (nSPS) is 20.2. The summed E-state index contributed by atoms with van der Waals surface area (Å²) in [5, 5.41) is -3.95. The number of hydrogen-bond donors (Lipinski definition) is 0. The molecule has 0 atom stereocenters. The zero-order valence-corrected chi connectivity index (χ0v) is 22.2. The van der Waals surface area contributed by atoms with E-state index >= 15 is 0 Å². The summed E-state index contributed by atoms with van der Waals surface area (Å²) in [6.45, 7) is 8.08. The van der Waals surface area contributed by atoms with E-state index in [-0.39, 0.29) is 10.3 Å². The van der Waals surface area contributed by atoms with Gasteiger partial charge in [0.05, 0.1) is 47.5 Å². The van der Waals surface area contributed by atoms with Crippen LogP contribution in [0.3, 0.4) is 0 Å². The molecule has 16 radical (unpaired) electrons. The average molecular weight is 498 g/mol.